The predicted octanol–water partition coefficient (Wildman–Crippen LogP) is 4.65. The molecule has 0 unspecified atom stereocenters. The van der Waals surface area contributed by atoms with E-state index in [0.717, 1.165) is 5.56 Å². The number of pyridine rings is 1. The predicted molar refractivity (Wildman–Crippen MR) is 93.8 cm³/mol. The van der Waals surface area contributed by atoms with Crippen LogP contribution in [-0.4, -0.2) is 13.4 Å². The van der Waals surface area contributed by atoms with Crippen molar-refractivity contribution >= 4 is 49.7 Å². The van der Waals surface area contributed by atoms with E-state index in [-0.39, 0.29) is 10.0 Å². The van der Waals surface area contributed by atoms with Crippen LogP contribution in [0.25, 0.3) is 10.8 Å². The molecule has 0 saturated heterocycles. The highest BCUT2D eigenvalue weighted by Gasteiger charge is 2.16. The van der Waals surface area contributed by atoms with Gasteiger partial charge in [-0.2, -0.15) is 0 Å². The fraction of sp³-hybridized carbons (Fsp3) is 0.0625. The molecule has 0 amide bonds. The second-order valence-corrected chi connectivity index (χ2v) is 7.53. The minimum atomic E-state index is -3.73. The standard InChI is InChI=1S/C16H12Cl2N2O2S/c1-10-3-2-4-11(7-10)20-23(21,22)12-5-6-13-14(8-12)16(18)19-9-15(13)17/h2-9,20H,1H3. The summed E-state index contributed by atoms with van der Waals surface area (Å²) >= 11 is 12.1. The van der Waals surface area contributed by atoms with E-state index in [0.29, 0.717) is 21.5 Å². The van der Waals surface area contributed by atoms with Gasteiger partial charge in [0, 0.05) is 22.7 Å². The molecule has 1 N–H and O–H groups in total. The molecular formula is C16H12Cl2N2O2S. The molecule has 3 rings (SSSR count). The largest absolute Gasteiger partial charge is 0.280 e. The van der Waals surface area contributed by atoms with Gasteiger partial charge in [-0.15, -0.1) is 0 Å². The molecule has 0 aliphatic rings. The second-order valence-electron chi connectivity index (χ2n) is 5.08. The van der Waals surface area contributed by atoms with Gasteiger partial charge >= 0.3 is 0 Å². The number of fused-ring (bicyclic) bond motifs is 1. The minimum Gasteiger partial charge on any atom is -0.280 e. The second kappa shape index (κ2) is 6.00. The van der Waals surface area contributed by atoms with Crippen LogP contribution in [0.4, 0.5) is 5.69 Å². The van der Waals surface area contributed by atoms with Crippen molar-refractivity contribution in [2.45, 2.75) is 11.8 Å². The van der Waals surface area contributed by atoms with Gasteiger partial charge in [-0.3, -0.25) is 4.72 Å². The topological polar surface area (TPSA) is 59.1 Å². The lowest BCUT2D eigenvalue weighted by Crippen LogP contribution is -2.13. The van der Waals surface area contributed by atoms with E-state index >= 15 is 0 Å². The van der Waals surface area contributed by atoms with E-state index in [4.69, 9.17) is 23.2 Å². The van der Waals surface area contributed by atoms with Crippen molar-refractivity contribution < 1.29 is 8.42 Å². The zero-order valence-electron chi connectivity index (χ0n) is 12.0. The van der Waals surface area contributed by atoms with Crippen molar-refractivity contribution in [1.82, 2.24) is 4.98 Å². The molecule has 0 aliphatic carbocycles. The number of aryl methyl sites for hydroxylation is 1. The van der Waals surface area contributed by atoms with Gasteiger partial charge in [0.05, 0.1) is 9.92 Å². The van der Waals surface area contributed by atoms with E-state index in [1.807, 2.05) is 13.0 Å². The molecule has 0 aliphatic heterocycles. The van der Waals surface area contributed by atoms with E-state index < -0.39 is 10.0 Å². The number of rotatable bonds is 3. The number of benzene rings is 2. The first-order valence-electron chi connectivity index (χ1n) is 6.70. The maximum Gasteiger partial charge on any atom is 0.261 e. The summed E-state index contributed by atoms with van der Waals surface area (Å²) in [7, 11) is -3.73. The van der Waals surface area contributed by atoms with Gasteiger partial charge in [0.2, 0.25) is 0 Å². The summed E-state index contributed by atoms with van der Waals surface area (Å²) in [6, 6.07) is 11.7. The van der Waals surface area contributed by atoms with E-state index in [1.165, 1.54) is 18.3 Å². The summed E-state index contributed by atoms with van der Waals surface area (Å²) in [4.78, 5) is 4.04. The molecule has 0 saturated carbocycles. The fourth-order valence-electron chi connectivity index (χ4n) is 2.24. The number of anilines is 1. The molecule has 0 atom stereocenters. The van der Waals surface area contributed by atoms with E-state index in [1.54, 1.807) is 24.3 Å². The van der Waals surface area contributed by atoms with Crippen LogP contribution in [-0.2, 0) is 10.0 Å². The SMILES string of the molecule is Cc1cccc(NS(=O)(=O)c2ccc3c(Cl)cnc(Cl)c3c2)c1. The van der Waals surface area contributed by atoms with Crippen molar-refractivity contribution in [2.75, 3.05) is 4.72 Å². The third-order valence-corrected chi connectivity index (χ3v) is 5.32. The summed E-state index contributed by atoms with van der Waals surface area (Å²) in [6.07, 6.45) is 1.44. The molecule has 7 heteroatoms. The van der Waals surface area contributed by atoms with Crippen LogP contribution in [0.1, 0.15) is 5.56 Å². The number of aromatic nitrogens is 1. The highest BCUT2D eigenvalue weighted by atomic mass is 35.5. The molecule has 3 aromatic rings. The maximum absolute atomic E-state index is 12.5. The molecule has 0 radical (unpaired) electrons. The summed E-state index contributed by atoms with van der Waals surface area (Å²) in [5.74, 6) is 0. The monoisotopic (exact) mass is 366 g/mol. The van der Waals surface area contributed by atoms with Crippen molar-refractivity contribution in [3.8, 4) is 0 Å². The molecule has 1 heterocycles. The first kappa shape index (κ1) is 16.1. The van der Waals surface area contributed by atoms with Crippen LogP contribution in [0.5, 0.6) is 0 Å². The average molecular weight is 367 g/mol. The van der Waals surface area contributed by atoms with Crippen LogP contribution < -0.4 is 4.72 Å². The van der Waals surface area contributed by atoms with Crippen molar-refractivity contribution in [1.29, 1.82) is 0 Å². The van der Waals surface area contributed by atoms with Crippen molar-refractivity contribution in [3.05, 3.63) is 64.4 Å². The molecule has 2 aromatic carbocycles. The smallest absolute Gasteiger partial charge is 0.261 e. The molecule has 0 bridgehead atoms. The lowest BCUT2D eigenvalue weighted by atomic mass is 10.2. The third-order valence-electron chi connectivity index (χ3n) is 3.34. The van der Waals surface area contributed by atoms with E-state index in [2.05, 4.69) is 9.71 Å². The first-order valence-corrected chi connectivity index (χ1v) is 8.94. The minimum absolute atomic E-state index is 0.0949. The number of nitrogens with zero attached hydrogens (tertiary/aromatic N) is 1. The average Bonchev–Trinajstić information content (AvgIpc) is 2.50. The number of nitrogens with one attached hydrogen (secondary N) is 1. The highest BCUT2D eigenvalue weighted by molar-refractivity contribution is 7.92. The summed E-state index contributed by atoms with van der Waals surface area (Å²) in [5, 5.41) is 1.77. The van der Waals surface area contributed by atoms with E-state index in [9.17, 15) is 8.42 Å². The number of sulfonamides is 1. The quantitative estimate of drug-likeness (QED) is 0.686. The highest BCUT2D eigenvalue weighted by Crippen LogP contribution is 2.30. The number of hydrogen-bond donors (Lipinski definition) is 1. The Morgan fingerprint density at radius 2 is 1.83 bits per heavy atom. The Bertz CT molecular complexity index is 1000. The molecule has 1 aromatic heterocycles. The van der Waals surface area contributed by atoms with Gasteiger partial charge in [-0.1, -0.05) is 41.4 Å². The zero-order chi connectivity index (χ0) is 16.6. The summed E-state index contributed by atoms with van der Waals surface area (Å²) in [5.41, 5.74) is 1.46. The first-order chi connectivity index (χ1) is 10.9. The Labute approximate surface area is 144 Å². The molecule has 4 nitrogen and oxygen atoms in total. The lowest BCUT2D eigenvalue weighted by molar-refractivity contribution is 0.601. The van der Waals surface area contributed by atoms with Crippen LogP contribution in [0.15, 0.2) is 53.6 Å². The Kier molecular flexibility index (Phi) is 4.19. The van der Waals surface area contributed by atoms with Gasteiger partial charge in [-0.25, -0.2) is 13.4 Å². The number of halogens is 2. The van der Waals surface area contributed by atoms with Gasteiger partial charge in [0.25, 0.3) is 10.0 Å². The van der Waals surface area contributed by atoms with Gasteiger partial charge in [0.1, 0.15) is 5.15 Å². The van der Waals surface area contributed by atoms with Crippen LogP contribution in [0, 0.1) is 6.92 Å². The third kappa shape index (κ3) is 3.27. The molecule has 0 spiro atoms. The lowest BCUT2D eigenvalue weighted by Gasteiger charge is -2.10. The van der Waals surface area contributed by atoms with Crippen LogP contribution in [0.2, 0.25) is 10.2 Å². The summed E-state index contributed by atoms with van der Waals surface area (Å²) in [6.45, 7) is 1.89. The fourth-order valence-corrected chi connectivity index (χ4v) is 3.74. The molecule has 23 heavy (non-hydrogen) atoms. The Morgan fingerprint density at radius 3 is 2.57 bits per heavy atom. The molecule has 0 fully saturated rings. The Balaban J connectivity index is 2.06. The van der Waals surface area contributed by atoms with Crippen molar-refractivity contribution in [2.24, 2.45) is 0 Å². The van der Waals surface area contributed by atoms with Crippen LogP contribution >= 0.6 is 23.2 Å². The van der Waals surface area contributed by atoms with Gasteiger partial charge in [-0.05, 0) is 36.8 Å². The Morgan fingerprint density at radius 1 is 1.04 bits per heavy atom. The zero-order valence-corrected chi connectivity index (χ0v) is 14.4. The van der Waals surface area contributed by atoms with Crippen molar-refractivity contribution in [3.63, 3.8) is 0 Å². The van der Waals surface area contributed by atoms with Crippen LogP contribution in [0.3, 0.4) is 0 Å². The number of hydrogen-bond acceptors (Lipinski definition) is 3. The molecule has 118 valence electrons. The van der Waals surface area contributed by atoms with Gasteiger partial charge < -0.3 is 0 Å². The molecular weight excluding hydrogens is 355 g/mol. The van der Waals surface area contributed by atoms with Gasteiger partial charge in [0.15, 0.2) is 0 Å². The Hall–Kier alpha value is -1.82. The normalized spacial score (nSPS) is 11.6. The maximum atomic E-state index is 12.5. The summed E-state index contributed by atoms with van der Waals surface area (Å²) < 4.78 is 27.6.